The van der Waals surface area contributed by atoms with Crippen LogP contribution in [0, 0.1) is 0 Å². The molecule has 56 valence electrons. The molecular formula is C6H11N3O. The summed E-state index contributed by atoms with van der Waals surface area (Å²) in [5.41, 5.74) is 0. The second kappa shape index (κ2) is 1.34. The van der Waals surface area contributed by atoms with Crippen molar-refractivity contribution >= 4 is 0 Å². The number of hydrogen-bond donors (Lipinski definition) is 1. The highest BCUT2D eigenvalue weighted by atomic mass is 16.3. The third-order valence-electron chi connectivity index (χ3n) is 2.81. The van der Waals surface area contributed by atoms with E-state index in [1.807, 2.05) is 4.80 Å². The minimum absolute atomic E-state index is 0.160. The highest BCUT2D eigenvalue weighted by Crippen LogP contribution is 2.47. The molecule has 0 saturated heterocycles. The van der Waals surface area contributed by atoms with Crippen LogP contribution in [-0.2, 0) is 6.73 Å². The maximum atomic E-state index is 8.82. The second-order valence-corrected chi connectivity index (χ2v) is 3.28. The molecule has 0 spiro atoms. The lowest BCUT2D eigenvalue weighted by Crippen LogP contribution is -2.01. The van der Waals surface area contributed by atoms with Gasteiger partial charge in [-0.25, -0.2) is 0 Å². The fourth-order valence-electron chi connectivity index (χ4n) is 2.37. The molecule has 3 rings (SSSR count). The van der Waals surface area contributed by atoms with E-state index in [0.29, 0.717) is 0 Å². The maximum absolute atomic E-state index is 8.82. The minimum atomic E-state index is 0.160. The largest absolute Gasteiger partial charge is 0.373 e. The molecular weight excluding hydrogens is 130 g/mol. The lowest BCUT2D eigenvalue weighted by Gasteiger charge is -1.99. The van der Waals surface area contributed by atoms with Crippen LogP contribution in [0.1, 0.15) is 31.3 Å². The third-order valence-corrected chi connectivity index (χ3v) is 2.81. The summed E-state index contributed by atoms with van der Waals surface area (Å²) in [4.78, 5) is 6.30. The van der Waals surface area contributed by atoms with Gasteiger partial charge in [0.1, 0.15) is 0 Å². The van der Waals surface area contributed by atoms with E-state index in [1.165, 1.54) is 19.3 Å². The van der Waals surface area contributed by atoms with E-state index >= 15 is 0 Å². The fourth-order valence-corrected chi connectivity index (χ4v) is 2.37. The van der Waals surface area contributed by atoms with E-state index in [1.54, 1.807) is 0 Å². The monoisotopic (exact) mass is 141 g/mol. The van der Waals surface area contributed by atoms with E-state index in [-0.39, 0.29) is 6.73 Å². The van der Waals surface area contributed by atoms with Crippen molar-refractivity contribution in [2.24, 2.45) is 0 Å². The van der Waals surface area contributed by atoms with Crippen molar-refractivity contribution < 1.29 is 5.11 Å². The normalized spacial score (nSPS) is 35.7. The van der Waals surface area contributed by atoms with Crippen LogP contribution in [-0.4, -0.2) is 19.5 Å². The molecule has 1 aliphatic heterocycles. The molecule has 1 aliphatic carbocycles. The Morgan fingerprint density at radius 3 is 2.30 bits per heavy atom. The molecule has 1 saturated carbocycles. The Bertz CT molecular complexity index is 234. The fraction of sp³-hybridized carbons (Fsp3) is 1.00. The van der Waals surface area contributed by atoms with Crippen molar-refractivity contribution in [1.82, 2.24) is 14.4 Å². The van der Waals surface area contributed by atoms with Gasteiger partial charge in [-0.1, -0.05) is 0 Å². The van der Waals surface area contributed by atoms with E-state index < -0.39 is 0 Å². The number of aromatic nitrogens is 3. The average molecular weight is 141 g/mol. The number of aliphatic hydroxyl groups excluding tert-OH is 1. The van der Waals surface area contributed by atoms with Gasteiger partial charge in [0.15, 0.2) is 6.73 Å². The molecule has 2 aliphatic rings. The first-order valence-corrected chi connectivity index (χ1v) is 3.88. The van der Waals surface area contributed by atoms with Crippen molar-refractivity contribution in [3.63, 3.8) is 0 Å². The van der Waals surface area contributed by atoms with Gasteiger partial charge in [-0.15, -0.1) is 0 Å². The first kappa shape index (κ1) is 5.07. The Morgan fingerprint density at radius 1 is 1.20 bits per heavy atom. The van der Waals surface area contributed by atoms with Crippen LogP contribution >= 0.6 is 0 Å². The van der Waals surface area contributed by atoms with Gasteiger partial charge in [-0.05, 0) is 19.3 Å². The quantitative estimate of drug-likeness (QED) is 0.600. The summed E-state index contributed by atoms with van der Waals surface area (Å²) < 4.78 is 0. The van der Waals surface area contributed by atoms with E-state index in [4.69, 9.17) is 5.11 Å². The van der Waals surface area contributed by atoms with Gasteiger partial charge in [0.25, 0.3) is 0 Å². The first-order valence-electron chi connectivity index (χ1n) is 3.88. The van der Waals surface area contributed by atoms with Crippen LogP contribution < -0.4 is 0 Å². The van der Waals surface area contributed by atoms with Gasteiger partial charge >= 0.3 is 0 Å². The standard InChI is InChI=1S/C6H11N3O/c10-4-7-8-5-1-2-6(3-5)9(7)8/h5-6,10H,1-4H2. The zero-order valence-electron chi connectivity index (χ0n) is 5.77. The molecule has 1 aromatic rings. The van der Waals surface area contributed by atoms with Crippen LogP contribution in [0.15, 0.2) is 0 Å². The molecule has 0 amide bonds. The summed E-state index contributed by atoms with van der Waals surface area (Å²) in [5, 5.41) is 8.82. The van der Waals surface area contributed by atoms with Crippen molar-refractivity contribution in [2.45, 2.75) is 38.1 Å². The van der Waals surface area contributed by atoms with Gasteiger partial charge < -0.3 is 5.11 Å². The molecule has 0 aromatic carbocycles. The molecule has 0 radical (unpaired) electrons. The van der Waals surface area contributed by atoms with E-state index in [2.05, 4.69) is 9.59 Å². The second-order valence-electron chi connectivity index (χ2n) is 3.28. The van der Waals surface area contributed by atoms with Crippen LogP contribution in [0.2, 0.25) is 0 Å². The summed E-state index contributed by atoms with van der Waals surface area (Å²) >= 11 is 0. The number of aliphatic hydroxyl groups is 1. The SMILES string of the molecule is OCn1n2n1C1CCC2C1. The lowest BCUT2D eigenvalue weighted by atomic mass is 10.3. The molecule has 4 nitrogen and oxygen atoms in total. The number of rotatable bonds is 1. The average Bonchev–Trinajstić information content (AvgIpc) is 2.36. The molecule has 2 unspecified atom stereocenters. The Balaban J connectivity index is 2.03. The van der Waals surface area contributed by atoms with E-state index in [9.17, 15) is 0 Å². The van der Waals surface area contributed by atoms with Gasteiger partial charge in [0.2, 0.25) is 0 Å². The summed E-state index contributed by atoms with van der Waals surface area (Å²) in [5.74, 6) is 0. The van der Waals surface area contributed by atoms with Gasteiger partial charge in [0, 0.05) is 0 Å². The highest BCUT2D eigenvalue weighted by Gasteiger charge is 2.44. The molecule has 2 bridgehead atoms. The Hall–Kier alpha value is -0.640. The van der Waals surface area contributed by atoms with Crippen molar-refractivity contribution in [3.8, 4) is 0 Å². The zero-order chi connectivity index (χ0) is 6.72. The molecule has 10 heavy (non-hydrogen) atoms. The first-order chi connectivity index (χ1) is 4.92. The molecule has 1 aromatic heterocycles. The van der Waals surface area contributed by atoms with Crippen LogP contribution in [0.4, 0.5) is 0 Å². The molecule has 4 heteroatoms. The number of hydrogen-bond acceptors (Lipinski definition) is 1. The molecule has 1 fully saturated rings. The molecule has 1 N–H and O–H groups in total. The third kappa shape index (κ3) is 0.370. The number of nitrogens with zero attached hydrogens (tertiary/aromatic N) is 3. The summed E-state index contributed by atoms with van der Waals surface area (Å²) in [6.45, 7) is 0.160. The van der Waals surface area contributed by atoms with Gasteiger partial charge in [-0.2, -0.15) is 14.4 Å². The predicted octanol–water partition coefficient (Wildman–Crippen LogP) is 0.321. The molecule has 2 atom stereocenters. The van der Waals surface area contributed by atoms with Gasteiger partial charge in [0.05, 0.1) is 12.1 Å². The summed E-state index contributed by atoms with van der Waals surface area (Å²) in [6.07, 6.45) is 3.95. The Labute approximate surface area is 58.6 Å². The Morgan fingerprint density at radius 2 is 1.80 bits per heavy atom. The smallest absolute Gasteiger partial charge is 0.154 e. The van der Waals surface area contributed by atoms with Crippen LogP contribution in [0.25, 0.3) is 0 Å². The van der Waals surface area contributed by atoms with Crippen molar-refractivity contribution in [1.29, 1.82) is 0 Å². The van der Waals surface area contributed by atoms with Gasteiger partial charge in [-0.3, -0.25) is 0 Å². The summed E-state index contributed by atoms with van der Waals surface area (Å²) in [7, 11) is 0. The topological polar surface area (TPSA) is 35.0 Å². The zero-order valence-corrected chi connectivity index (χ0v) is 5.77. The van der Waals surface area contributed by atoms with E-state index in [0.717, 1.165) is 12.1 Å². The highest BCUT2D eigenvalue weighted by molar-refractivity contribution is 4.91. The predicted molar refractivity (Wildman–Crippen MR) is 34.6 cm³/mol. The van der Waals surface area contributed by atoms with Crippen LogP contribution in [0.3, 0.4) is 0 Å². The van der Waals surface area contributed by atoms with Crippen molar-refractivity contribution in [2.75, 3.05) is 0 Å². The maximum Gasteiger partial charge on any atom is 0.154 e. The van der Waals surface area contributed by atoms with Crippen LogP contribution in [0.5, 0.6) is 0 Å². The minimum Gasteiger partial charge on any atom is -0.373 e. The number of fused-ring (bicyclic) bond motifs is 5. The lowest BCUT2D eigenvalue weighted by molar-refractivity contribution is 0.186. The summed E-state index contributed by atoms with van der Waals surface area (Å²) in [6, 6.07) is 1.44. The van der Waals surface area contributed by atoms with Crippen molar-refractivity contribution in [3.05, 3.63) is 0 Å². The molecule has 2 heterocycles. The Kier molecular flexibility index (Phi) is 0.681.